The summed E-state index contributed by atoms with van der Waals surface area (Å²) in [5.41, 5.74) is 0.861. The fraction of sp³-hybridized carbons (Fsp3) is 0.833. The summed E-state index contributed by atoms with van der Waals surface area (Å²) < 4.78 is 0. The van der Waals surface area contributed by atoms with Crippen LogP contribution in [0.3, 0.4) is 0 Å². The van der Waals surface area contributed by atoms with Crippen molar-refractivity contribution in [3.05, 3.63) is 11.8 Å². The molecule has 5 rings (SSSR count). The third-order valence-corrected chi connectivity index (χ3v) is 9.53. The Balaban J connectivity index is 1.42. The maximum absolute atomic E-state index is 13.0. The molecule has 1 saturated heterocycles. The minimum atomic E-state index is -0.409. The van der Waals surface area contributed by atoms with Crippen molar-refractivity contribution in [1.82, 2.24) is 10.2 Å². The van der Waals surface area contributed by atoms with E-state index in [1.54, 1.807) is 0 Å². The first kappa shape index (κ1) is 19.6. The van der Waals surface area contributed by atoms with Gasteiger partial charge >= 0.3 is 0 Å². The molecule has 1 heterocycles. The summed E-state index contributed by atoms with van der Waals surface area (Å²) in [4.78, 5) is 27.1. The minimum absolute atomic E-state index is 0.0237. The predicted octanol–water partition coefficient (Wildman–Crippen LogP) is 3.09. The van der Waals surface area contributed by atoms with Crippen LogP contribution in [-0.2, 0) is 9.59 Å². The number of piperidine rings is 1. The lowest BCUT2D eigenvalue weighted by molar-refractivity contribution is -0.151. The van der Waals surface area contributed by atoms with E-state index >= 15 is 0 Å². The molecule has 0 radical (unpaired) electrons. The van der Waals surface area contributed by atoms with Gasteiger partial charge in [0.05, 0.1) is 6.10 Å². The molecule has 1 aliphatic heterocycles. The number of fused-ring (bicyclic) bond motifs is 5. The molecular weight excluding hydrogens is 364 g/mol. The first-order chi connectivity index (χ1) is 13.8. The van der Waals surface area contributed by atoms with Gasteiger partial charge in [0.25, 0.3) is 0 Å². The monoisotopic (exact) mass is 400 g/mol. The van der Waals surface area contributed by atoms with Crippen LogP contribution >= 0.6 is 0 Å². The summed E-state index contributed by atoms with van der Waals surface area (Å²) in [6, 6.07) is 0. The first-order valence-electron chi connectivity index (χ1n) is 11.7. The predicted molar refractivity (Wildman–Crippen MR) is 110 cm³/mol. The van der Waals surface area contributed by atoms with Gasteiger partial charge in [-0.05, 0) is 74.0 Å². The molecule has 5 heteroatoms. The van der Waals surface area contributed by atoms with Gasteiger partial charge in [0.2, 0.25) is 11.8 Å². The second kappa shape index (κ2) is 6.57. The molecule has 7 atom stereocenters. The fourth-order valence-corrected chi connectivity index (χ4v) is 7.84. The van der Waals surface area contributed by atoms with Crippen molar-refractivity contribution in [3.63, 3.8) is 0 Å². The zero-order valence-electron chi connectivity index (χ0n) is 18.1. The van der Waals surface area contributed by atoms with Crippen LogP contribution in [0.5, 0.6) is 0 Å². The van der Waals surface area contributed by atoms with Crippen LogP contribution in [0.15, 0.2) is 11.8 Å². The molecule has 5 nitrogen and oxygen atoms in total. The molecule has 2 amide bonds. The highest BCUT2D eigenvalue weighted by Gasteiger charge is 2.63. The molecule has 0 aromatic carbocycles. The number of amides is 2. The Labute approximate surface area is 174 Å². The Morgan fingerprint density at radius 2 is 2.03 bits per heavy atom. The maximum Gasteiger partial charge on any atom is 0.226 e. The van der Waals surface area contributed by atoms with Crippen molar-refractivity contribution in [3.8, 4) is 0 Å². The summed E-state index contributed by atoms with van der Waals surface area (Å²) in [6.45, 7) is 5.36. The lowest BCUT2D eigenvalue weighted by Gasteiger charge is -2.59. The molecule has 4 fully saturated rings. The molecule has 0 aromatic heterocycles. The number of nitrogens with zero attached hydrogens (tertiary/aromatic N) is 1. The summed E-state index contributed by atoms with van der Waals surface area (Å²) in [7, 11) is 1.89. The van der Waals surface area contributed by atoms with E-state index in [-0.39, 0.29) is 34.5 Å². The van der Waals surface area contributed by atoms with Crippen molar-refractivity contribution >= 4 is 11.8 Å². The minimum Gasteiger partial charge on any atom is -0.393 e. The Morgan fingerprint density at radius 1 is 1.28 bits per heavy atom. The second-order valence-electron chi connectivity index (χ2n) is 11.1. The third-order valence-electron chi connectivity index (χ3n) is 9.53. The number of aliphatic hydroxyl groups is 1. The third kappa shape index (κ3) is 2.83. The van der Waals surface area contributed by atoms with E-state index in [9.17, 15) is 14.7 Å². The van der Waals surface area contributed by atoms with Gasteiger partial charge in [-0.15, -0.1) is 0 Å². The number of carbonyl (C=O) groups is 2. The summed E-state index contributed by atoms with van der Waals surface area (Å²) in [5.74, 6) is 2.19. The maximum atomic E-state index is 13.0. The number of likely N-dealkylation sites (tertiary alicyclic amines) is 1. The topological polar surface area (TPSA) is 69.6 Å². The second-order valence-corrected chi connectivity index (χ2v) is 11.1. The molecule has 160 valence electrons. The van der Waals surface area contributed by atoms with Gasteiger partial charge in [-0.3, -0.25) is 9.59 Å². The molecule has 4 aliphatic carbocycles. The normalized spacial score (nSPS) is 46.5. The van der Waals surface area contributed by atoms with Crippen molar-refractivity contribution in [2.45, 2.75) is 71.3 Å². The molecular formula is C24H36N2O3. The van der Waals surface area contributed by atoms with E-state index in [2.05, 4.69) is 25.2 Å². The standard InChI is InChI=1S/C24H36N2O3/c1-23-11-10-20(28)26(3)19(23)9-6-15-16-7-8-17(22(29)25-13-14-4-5-14)24(16,2)12-18(27)21(15)23/h9,14-18,21,27H,4-8,10-13H2,1-3H3,(H,25,29)/t15?,16?,17?,18-,21?,23-,24-/m0/s1. The average Bonchev–Trinajstić information content (AvgIpc) is 3.43. The van der Waals surface area contributed by atoms with Crippen LogP contribution in [0, 0.1) is 40.4 Å². The number of rotatable bonds is 3. The van der Waals surface area contributed by atoms with Gasteiger partial charge in [0.1, 0.15) is 0 Å². The number of hydrogen-bond acceptors (Lipinski definition) is 3. The highest BCUT2D eigenvalue weighted by Crippen LogP contribution is 2.65. The molecule has 4 unspecified atom stereocenters. The van der Waals surface area contributed by atoms with E-state index in [1.165, 1.54) is 12.8 Å². The van der Waals surface area contributed by atoms with Gasteiger partial charge < -0.3 is 15.3 Å². The quantitative estimate of drug-likeness (QED) is 0.765. The summed E-state index contributed by atoms with van der Waals surface area (Å²) >= 11 is 0. The average molecular weight is 401 g/mol. The van der Waals surface area contributed by atoms with Gasteiger partial charge in [0, 0.05) is 37.0 Å². The number of aliphatic hydroxyl groups excluding tert-OH is 1. The van der Waals surface area contributed by atoms with E-state index in [1.807, 2.05) is 11.9 Å². The number of carbonyl (C=O) groups excluding carboxylic acids is 2. The van der Waals surface area contributed by atoms with E-state index in [0.717, 1.165) is 37.9 Å². The molecule has 0 bridgehead atoms. The van der Waals surface area contributed by atoms with Crippen LogP contribution in [0.4, 0.5) is 0 Å². The fourth-order valence-electron chi connectivity index (χ4n) is 7.84. The summed E-state index contributed by atoms with van der Waals surface area (Å²) in [5, 5.41) is 14.7. The molecule has 2 N–H and O–H groups in total. The van der Waals surface area contributed by atoms with Gasteiger partial charge in [-0.2, -0.15) is 0 Å². The first-order valence-corrected chi connectivity index (χ1v) is 11.7. The Morgan fingerprint density at radius 3 is 2.76 bits per heavy atom. The zero-order chi connectivity index (χ0) is 20.6. The van der Waals surface area contributed by atoms with E-state index < -0.39 is 6.10 Å². The van der Waals surface area contributed by atoms with Gasteiger partial charge in [-0.25, -0.2) is 0 Å². The number of allylic oxidation sites excluding steroid dienone is 2. The largest absolute Gasteiger partial charge is 0.393 e. The van der Waals surface area contributed by atoms with Crippen molar-refractivity contribution in [2.75, 3.05) is 13.6 Å². The Kier molecular flexibility index (Phi) is 4.44. The molecule has 0 aromatic rings. The van der Waals surface area contributed by atoms with E-state index in [0.29, 0.717) is 30.6 Å². The Bertz CT molecular complexity index is 759. The molecule has 29 heavy (non-hydrogen) atoms. The zero-order valence-corrected chi connectivity index (χ0v) is 18.1. The van der Waals surface area contributed by atoms with Gasteiger partial charge in [0.15, 0.2) is 0 Å². The SMILES string of the molecule is CN1C(=O)CC[C@@]2(C)C1=CCC1C3CCC(C(=O)NCC4CC4)[C@@]3(C)C[C@H](O)C12. The highest BCUT2D eigenvalue weighted by molar-refractivity contribution is 5.80. The highest BCUT2D eigenvalue weighted by atomic mass is 16.3. The molecule has 3 saturated carbocycles. The smallest absolute Gasteiger partial charge is 0.226 e. The van der Waals surface area contributed by atoms with Crippen molar-refractivity contribution in [2.24, 2.45) is 40.4 Å². The van der Waals surface area contributed by atoms with Crippen molar-refractivity contribution in [1.29, 1.82) is 0 Å². The number of hydrogen-bond donors (Lipinski definition) is 2. The lowest BCUT2D eigenvalue weighted by Crippen LogP contribution is -2.59. The van der Waals surface area contributed by atoms with Crippen LogP contribution < -0.4 is 5.32 Å². The van der Waals surface area contributed by atoms with Crippen LogP contribution in [-0.4, -0.2) is 41.5 Å². The number of nitrogens with one attached hydrogen (secondary N) is 1. The Hall–Kier alpha value is -1.36. The lowest BCUT2D eigenvalue weighted by atomic mass is 9.48. The van der Waals surface area contributed by atoms with Crippen LogP contribution in [0.25, 0.3) is 0 Å². The van der Waals surface area contributed by atoms with E-state index in [4.69, 9.17) is 0 Å². The van der Waals surface area contributed by atoms with Gasteiger partial charge in [-0.1, -0.05) is 19.9 Å². The van der Waals surface area contributed by atoms with Crippen molar-refractivity contribution < 1.29 is 14.7 Å². The van der Waals surface area contributed by atoms with Crippen LogP contribution in [0.2, 0.25) is 0 Å². The summed E-state index contributed by atoms with van der Waals surface area (Å²) in [6.07, 6.45) is 9.41. The molecule has 0 spiro atoms. The van der Waals surface area contributed by atoms with Crippen LogP contribution in [0.1, 0.15) is 65.2 Å². The molecule has 5 aliphatic rings.